The van der Waals surface area contributed by atoms with Crippen LogP contribution in [0.3, 0.4) is 0 Å². The van der Waals surface area contributed by atoms with Crippen LogP contribution in [0.25, 0.3) is 0 Å². The van der Waals surface area contributed by atoms with Crippen molar-refractivity contribution in [2.75, 3.05) is 20.1 Å². The van der Waals surface area contributed by atoms with E-state index >= 15 is 0 Å². The normalized spacial score (nSPS) is 21.0. The topological polar surface area (TPSA) is 71.3 Å². The Morgan fingerprint density at radius 3 is 2.78 bits per heavy atom. The maximum absolute atomic E-state index is 12.6. The Kier molecular flexibility index (Phi) is 4.63. The number of likely N-dealkylation sites (N-methyl/N-ethyl adjacent to an activating group) is 1. The molecule has 2 amide bonds. The van der Waals surface area contributed by atoms with Gasteiger partial charge in [0, 0.05) is 33.5 Å². The van der Waals surface area contributed by atoms with Crippen LogP contribution in [-0.2, 0) is 22.6 Å². The molecule has 0 N–H and O–H groups in total. The monoisotopic (exact) mass is 319 g/mol. The summed E-state index contributed by atoms with van der Waals surface area (Å²) >= 11 is 0. The second-order valence-electron chi connectivity index (χ2n) is 6.56. The summed E-state index contributed by atoms with van der Waals surface area (Å²) in [5, 5.41) is 8.76. The molecule has 0 aliphatic carbocycles. The number of nitrogens with zero attached hydrogens (tertiary/aromatic N) is 5. The van der Waals surface area contributed by atoms with E-state index in [1.807, 2.05) is 4.90 Å². The summed E-state index contributed by atoms with van der Waals surface area (Å²) in [6, 6.07) is 0.00204. The van der Waals surface area contributed by atoms with Gasteiger partial charge in [-0.15, -0.1) is 10.2 Å². The van der Waals surface area contributed by atoms with Crippen molar-refractivity contribution >= 4 is 11.8 Å². The lowest BCUT2D eigenvalue weighted by Crippen LogP contribution is -2.40. The number of hydrogen-bond donors (Lipinski definition) is 0. The molecule has 3 rings (SSSR count). The van der Waals surface area contributed by atoms with Crippen molar-refractivity contribution in [3.05, 3.63) is 11.6 Å². The molecule has 1 aromatic heterocycles. The van der Waals surface area contributed by atoms with Crippen LogP contribution >= 0.6 is 0 Å². The third kappa shape index (κ3) is 3.23. The quantitative estimate of drug-likeness (QED) is 0.838. The van der Waals surface area contributed by atoms with Gasteiger partial charge in [-0.3, -0.25) is 9.59 Å². The largest absolute Gasteiger partial charge is 0.337 e. The van der Waals surface area contributed by atoms with Crippen molar-refractivity contribution in [2.24, 2.45) is 0 Å². The Morgan fingerprint density at radius 2 is 2.00 bits per heavy atom. The Bertz CT molecular complexity index is 597. The zero-order valence-corrected chi connectivity index (χ0v) is 14.0. The number of fused-ring (bicyclic) bond motifs is 1. The highest BCUT2D eigenvalue weighted by atomic mass is 16.2. The summed E-state index contributed by atoms with van der Waals surface area (Å²) in [6.45, 7) is 3.29. The van der Waals surface area contributed by atoms with E-state index < -0.39 is 0 Å². The minimum atomic E-state index is -0.0922. The molecule has 2 aliphatic heterocycles. The fraction of sp³-hybridized carbons (Fsp3) is 0.750. The van der Waals surface area contributed by atoms with Gasteiger partial charge in [0.15, 0.2) is 5.82 Å². The molecule has 23 heavy (non-hydrogen) atoms. The zero-order chi connectivity index (χ0) is 16.4. The van der Waals surface area contributed by atoms with Gasteiger partial charge in [-0.2, -0.15) is 0 Å². The minimum absolute atomic E-state index is 0.00204. The van der Waals surface area contributed by atoms with Crippen molar-refractivity contribution in [3.63, 3.8) is 0 Å². The van der Waals surface area contributed by atoms with E-state index in [0.717, 1.165) is 56.8 Å². The molecule has 0 saturated carbocycles. The van der Waals surface area contributed by atoms with Crippen molar-refractivity contribution in [3.8, 4) is 0 Å². The molecule has 0 radical (unpaired) electrons. The summed E-state index contributed by atoms with van der Waals surface area (Å²) < 4.78 is 2.22. The Hall–Kier alpha value is -1.92. The molecule has 1 aromatic rings. The number of amides is 2. The average molecular weight is 319 g/mol. The second kappa shape index (κ2) is 6.68. The van der Waals surface area contributed by atoms with E-state index in [9.17, 15) is 9.59 Å². The van der Waals surface area contributed by atoms with Crippen molar-refractivity contribution in [1.29, 1.82) is 0 Å². The molecule has 0 unspecified atom stereocenters. The molecule has 126 valence electrons. The molecule has 0 aromatic carbocycles. The highest BCUT2D eigenvalue weighted by Gasteiger charge is 2.34. The van der Waals surface area contributed by atoms with Crippen LogP contribution in [0, 0.1) is 0 Å². The van der Waals surface area contributed by atoms with Crippen LogP contribution in [0.1, 0.15) is 56.7 Å². The van der Waals surface area contributed by atoms with E-state index in [0.29, 0.717) is 0 Å². The highest BCUT2D eigenvalue weighted by molar-refractivity contribution is 5.84. The third-order valence-corrected chi connectivity index (χ3v) is 4.92. The lowest BCUT2D eigenvalue weighted by atomic mass is 10.2. The first kappa shape index (κ1) is 16.0. The summed E-state index contributed by atoms with van der Waals surface area (Å²) in [4.78, 5) is 27.3. The molecule has 0 bridgehead atoms. The van der Waals surface area contributed by atoms with E-state index in [4.69, 9.17) is 0 Å². The van der Waals surface area contributed by atoms with Gasteiger partial charge in [0.05, 0.1) is 12.6 Å². The lowest BCUT2D eigenvalue weighted by Gasteiger charge is -2.26. The fourth-order valence-electron chi connectivity index (χ4n) is 3.49. The number of aryl methyl sites for hydroxylation is 1. The highest BCUT2D eigenvalue weighted by Crippen LogP contribution is 2.32. The molecule has 2 aliphatic rings. The van der Waals surface area contributed by atoms with Crippen LogP contribution in [0.15, 0.2) is 0 Å². The second-order valence-corrected chi connectivity index (χ2v) is 6.56. The maximum atomic E-state index is 12.6. The lowest BCUT2D eigenvalue weighted by molar-refractivity contribution is -0.139. The Labute approximate surface area is 136 Å². The maximum Gasteiger partial charge on any atom is 0.242 e. The van der Waals surface area contributed by atoms with Gasteiger partial charge >= 0.3 is 0 Å². The smallest absolute Gasteiger partial charge is 0.242 e. The van der Waals surface area contributed by atoms with E-state index in [2.05, 4.69) is 14.8 Å². The van der Waals surface area contributed by atoms with E-state index in [-0.39, 0.29) is 24.4 Å². The number of likely N-dealkylation sites (tertiary alicyclic amines) is 1. The van der Waals surface area contributed by atoms with Gasteiger partial charge < -0.3 is 14.4 Å². The first-order valence-corrected chi connectivity index (χ1v) is 8.51. The van der Waals surface area contributed by atoms with Crippen molar-refractivity contribution in [2.45, 2.75) is 58.0 Å². The fourth-order valence-corrected chi connectivity index (χ4v) is 3.49. The molecule has 7 nitrogen and oxygen atoms in total. The summed E-state index contributed by atoms with van der Waals surface area (Å²) in [5.41, 5.74) is 0. The van der Waals surface area contributed by atoms with Gasteiger partial charge in [-0.05, 0) is 25.7 Å². The third-order valence-electron chi connectivity index (χ3n) is 4.92. The average Bonchev–Trinajstić information content (AvgIpc) is 3.08. The SMILES string of the molecule is CC(=O)N(C)CC(=O)N1CCC[C@@H]1c1nnc2n1CCCCC2. The molecular weight excluding hydrogens is 294 g/mol. The van der Waals surface area contributed by atoms with E-state index in [1.165, 1.54) is 18.2 Å². The van der Waals surface area contributed by atoms with E-state index in [1.54, 1.807) is 7.05 Å². The molecule has 7 heteroatoms. The molecule has 0 spiro atoms. The molecule has 1 saturated heterocycles. The number of rotatable bonds is 3. The molecule has 1 atom stereocenters. The number of carbonyl (C=O) groups excluding carboxylic acids is 2. The van der Waals surface area contributed by atoms with Crippen molar-refractivity contribution < 1.29 is 9.59 Å². The predicted octanol–water partition coefficient (Wildman–Crippen LogP) is 1.15. The van der Waals surface area contributed by atoms with Gasteiger partial charge in [0.2, 0.25) is 11.8 Å². The summed E-state index contributed by atoms with van der Waals surface area (Å²) in [6.07, 6.45) is 6.40. The molecule has 3 heterocycles. The van der Waals surface area contributed by atoms with Crippen LogP contribution in [-0.4, -0.2) is 56.5 Å². The van der Waals surface area contributed by atoms with Gasteiger partial charge in [0.1, 0.15) is 5.82 Å². The van der Waals surface area contributed by atoms with Crippen LogP contribution in [0.2, 0.25) is 0 Å². The number of carbonyl (C=O) groups is 2. The van der Waals surface area contributed by atoms with Crippen LogP contribution < -0.4 is 0 Å². The molecule has 1 fully saturated rings. The predicted molar refractivity (Wildman–Crippen MR) is 84.6 cm³/mol. The summed E-state index contributed by atoms with van der Waals surface area (Å²) in [5.74, 6) is 1.89. The van der Waals surface area contributed by atoms with Gasteiger partial charge in [-0.1, -0.05) is 6.42 Å². The zero-order valence-electron chi connectivity index (χ0n) is 14.0. The Morgan fingerprint density at radius 1 is 1.17 bits per heavy atom. The van der Waals surface area contributed by atoms with Gasteiger partial charge in [-0.25, -0.2) is 0 Å². The Balaban J connectivity index is 1.78. The van der Waals surface area contributed by atoms with Gasteiger partial charge in [0.25, 0.3) is 0 Å². The van der Waals surface area contributed by atoms with Crippen LogP contribution in [0.5, 0.6) is 0 Å². The number of hydrogen-bond acceptors (Lipinski definition) is 4. The summed E-state index contributed by atoms with van der Waals surface area (Å²) in [7, 11) is 1.66. The molecular formula is C16H25N5O2. The first-order valence-electron chi connectivity index (χ1n) is 8.51. The standard InChI is InChI=1S/C16H25N5O2/c1-12(22)19(2)11-15(23)20-10-6-7-13(20)16-18-17-14-8-4-3-5-9-21(14)16/h13H,3-11H2,1-2H3/t13-/m1/s1. The van der Waals surface area contributed by atoms with Crippen molar-refractivity contribution in [1.82, 2.24) is 24.6 Å². The number of aromatic nitrogens is 3. The first-order chi connectivity index (χ1) is 11.1. The minimum Gasteiger partial charge on any atom is -0.337 e. The van der Waals surface area contributed by atoms with Crippen LogP contribution in [0.4, 0.5) is 0 Å².